The van der Waals surface area contributed by atoms with E-state index < -0.39 is 23.8 Å². The number of hydrogen-bond acceptors (Lipinski definition) is 5. The van der Waals surface area contributed by atoms with Crippen LogP contribution in [0.2, 0.25) is 0 Å². The average molecular weight is 470 g/mol. The van der Waals surface area contributed by atoms with Crippen LogP contribution in [0.15, 0.2) is 78.4 Å². The van der Waals surface area contributed by atoms with Gasteiger partial charge in [0.25, 0.3) is 11.8 Å². The Bertz CT molecular complexity index is 1330. The van der Waals surface area contributed by atoms with E-state index in [4.69, 9.17) is 9.84 Å². The normalized spacial score (nSPS) is 14.7. The standard InChI is InChI=1S/C27H22N2O6/c1-2-17-9-13-21(14-10-17)29-25(31)22(24(30)28-27(29)34)15-20-5-3-4-6-23(20)35-16-18-7-11-19(12-8-18)26(32)33/h3-15H,2,16H2,1H3,(H,32,33)(H,28,30,34)/b22-15+. The molecule has 1 saturated heterocycles. The number of carboxylic acid groups (broad SMARTS) is 1. The summed E-state index contributed by atoms with van der Waals surface area (Å²) in [6.45, 7) is 2.15. The van der Waals surface area contributed by atoms with Crippen molar-refractivity contribution in [2.45, 2.75) is 20.0 Å². The van der Waals surface area contributed by atoms with E-state index in [-0.39, 0.29) is 17.7 Å². The summed E-state index contributed by atoms with van der Waals surface area (Å²) in [5, 5.41) is 11.2. The van der Waals surface area contributed by atoms with Gasteiger partial charge in [0.1, 0.15) is 17.9 Å². The number of para-hydroxylation sites is 1. The summed E-state index contributed by atoms with van der Waals surface area (Å²) >= 11 is 0. The van der Waals surface area contributed by atoms with Crippen LogP contribution in [0.3, 0.4) is 0 Å². The summed E-state index contributed by atoms with van der Waals surface area (Å²) in [5.41, 5.74) is 2.60. The smallest absolute Gasteiger partial charge is 0.335 e. The SMILES string of the molecule is CCc1ccc(N2C(=O)NC(=O)/C(=C\c3ccccc3OCc3ccc(C(=O)O)cc3)C2=O)cc1. The van der Waals surface area contributed by atoms with Gasteiger partial charge < -0.3 is 9.84 Å². The van der Waals surface area contributed by atoms with Gasteiger partial charge in [0, 0.05) is 5.56 Å². The van der Waals surface area contributed by atoms with Crippen molar-refractivity contribution in [3.63, 3.8) is 0 Å². The van der Waals surface area contributed by atoms with E-state index in [1.165, 1.54) is 18.2 Å². The summed E-state index contributed by atoms with van der Waals surface area (Å²) in [6, 6.07) is 19.3. The Hall–Kier alpha value is -4.72. The molecule has 0 spiro atoms. The Kier molecular flexibility index (Phi) is 6.73. The maximum absolute atomic E-state index is 13.2. The molecule has 4 rings (SSSR count). The lowest BCUT2D eigenvalue weighted by Gasteiger charge is -2.26. The molecule has 0 saturated carbocycles. The lowest BCUT2D eigenvalue weighted by atomic mass is 10.1. The van der Waals surface area contributed by atoms with Gasteiger partial charge in [-0.1, -0.05) is 49.4 Å². The molecule has 1 heterocycles. The van der Waals surface area contributed by atoms with Crippen LogP contribution in [0.25, 0.3) is 6.08 Å². The van der Waals surface area contributed by atoms with Crippen LogP contribution >= 0.6 is 0 Å². The third-order valence-electron chi connectivity index (χ3n) is 5.52. The van der Waals surface area contributed by atoms with Crippen LogP contribution in [-0.2, 0) is 22.6 Å². The number of carbonyl (C=O) groups is 4. The topological polar surface area (TPSA) is 113 Å². The number of amides is 4. The summed E-state index contributed by atoms with van der Waals surface area (Å²) < 4.78 is 5.88. The molecule has 0 aliphatic carbocycles. The Morgan fingerprint density at radius 1 is 0.943 bits per heavy atom. The molecule has 0 atom stereocenters. The third kappa shape index (κ3) is 5.11. The number of aryl methyl sites for hydroxylation is 1. The van der Waals surface area contributed by atoms with E-state index >= 15 is 0 Å². The van der Waals surface area contributed by atoms with Crippen molar-refractivity contribution in [3.8, 4) is 5.75 Å². The van der Waals surface area contributed by atoms with Crippen LogP contribution in [0.1, 0.15) is 34.0 Å². The first kappa shape index (κ1) is 23.4. The number of benzene rings is 3. The molecular weight excluding hydrogens is 448 g/mol. The van der Waals surface area contributed by atoms with Crippen molar-refractivity contribution in [2.75, 3.05) is 4.90 Å². The molecule has 0 bridgehead atoms. The van der Waals surface area contributed by atoms with Crippen molar-refractivity contribution in [3.05, 3.63) is 101 Å². The van der Waals surface area contributed by atoms with Crippen LogP contribution in [-0.4, -0.2) is 28.9 Å². The van der Waals surface area contributed by atoms with Crippen LogP contribution in [0, 0.1) is 0 Å². The highest BCUT2D eigenvalue weighted by atomic mass is 16.5. The molecule has 3 aromatic carbocycles. The number of ether oxygens (including phenoxy) is 1. The van der Waals surface area contributed by atoms with Crippen LogP contribution in [0.5, 0.6) is 5.75 Å². The van der Waals surface area contributed by atoms with Gasteiger partial charge in [-0.2, -0.15) is 0 Å². The molecule has 1 fully saturated rings. The van der Waals surface area contributed by atoms with Gasteiger partial charge in [-0.25, -0.2) is 14.5 Å². The monoisotopic (exact) mass is 470 g/mol. The molecule has 4 amide bonds. The Labute approximate surface area is 201 Å². The average Bonchev–Trinajstić information content (AvgIpc) is 2.86. The molecule has 8 heteroatoms. The first-order valence-corrected chi connectivity index (χ1v) is 10.9. The second-order valence-corrected chi connectivity index (χ2v) is 7.81. The van der Waals surface area contributed by atoms with Gasteiger partial charge in [0.15, 0.2) is 0 Å². The Balaban J connectivity index is 1.59. The van der Waals surface area contributed by atoms with E-state index in [2.05, 4.69) is 5.32 Å². The summed E-state index contributed by atoms with van der Waals surface area (Å²) in [4.78, 5) is 50.1. The van der Waals surface area contributed by atoms with Gasteiger partial charge in [0.05, 0.1) is 11.3 Å². The lowest BCUT2D eigenvalue weighted by Crippen LogP contribution is -2.54. The van der Waals surface area contributed by atoms with Crippen molar-refractivity contribution in [1.29, 1.82) is 0 Å². The van der Waals surface area contributed by atoms with Crippen molar-refractivity contribution in [2.24, 2.45) is 0 Å². The molecule has 0 aromatic heterocycles. The summed E-state index contributed by atoms with van der Waals surface area (Å²) in [6.07, 6.45) is 2.20. The first-order valence-electron chi connectivity index (χ1n) is 10.9. The number of nitrogens with one attached hydrogen (secondary N) is 1. The zero-order valence-electron chi connectivity index (χ0n) is 18.9. The number of urea groups is 1. The molecule has 8 nitrogen and oxygen atoms in total. The predicted octanol–water partition coefficient (Wildman–Crippen LogP) is 4.19. The zero-order valence-corrected chi connectivity index (χ0v) is 18.9. The maximum Gasteiger partial charge on any atom is 0.335 e. The third-order valence-corrected chi connectivity index (χ3v) is 5.52. The lowest BCUT2D eigenvalue weighted by molar-refractivity contribution is -0.122. The summed E-state index contributed by atoms with van der Waals surface area (Å²) in [5.74, 6) is -2.13. The maximum atomic E-state index is 13.2. The minimum absolute atomic E-state index is 0.147. The molecule has 176 valence electrons. The van der Waals surface area contributed by atoms with Crippen molar-refractivity contribution >= 4 is 35.6 Å². The number of carboxylic acids is 1. The molecular formula is C27H22N2O6. The van der Waals surface area contributed by atoms with E-state index in [0.717, 1.165) is 22.4 Å². The van der Waals surface area contributed by atoms with Crippen LogP contribution in [0.4, 0.5) is 10.5 Å². The number of carbonyl (C=O) groups excluding carboxylic acids is 3. The quantitative estimate of drug-likeness (QED) is 0.395. The van der Waals surface area contributed by atoms with Gasteiger partial charge in [-0.05, 0) is 54.0 Å². The molecule has 2 N–H and O–H groups in total. The second-order valence-electron chi connectivity index (χ2n) is 7.81. The Morgan fingerprint density at radius 3 is 2.26 bits per heavy atom. The molecule has 1 aliphatic heterocycles. The second kappa shape index (κ2) is 10.0. The minimum atomic E-state index is -1.02. The van der Waals surface area contributed by atoms with E-state index in [9.17, 15) is 19.2 Å². The fourth-order valence-corrected chi connectivity index (χ4v) is 3.56. The number of nitrogens with zero attached hydrogens (tertiary/aromatic N) is 1. The highest BCUT2D eigenvalue weighted by molar-refractivity contribution is 6.39. The predicted molar refractivity (Wildman–Crippen MR) is 129 cm³/mol. The largest absolute Gasteiger partial charge is 0.488 e. The van der Waals surface area contributed by atoms with Gasteiger partial charge in [-0.15, -0.1) is 0 Å². The van der Waals surface area contributed by atoms with Crippen molar-refractivity contribution < 1.29 is 29.0 Å². The van der Waals surface area contributed by atoms with Gasteiger partial charge in [-0.3, -0.25) is 14.9 Å². The van der Waals surface area contributed by atoms with E-state index in [1.807, 2.05) is 19.1 Å². The van der Waals surface area contributed by atoms with Gasteiger partial charge in [0.2, 0.25) is 0 Å². The fourth-order valence-electron chi connectivity index (χ4n) is 3.56. The zero-order chi connectivity index (χ0) is 24.9. The number of barbiturate groups is 1. The molecule has 3 aromatic rings. The Morgan fingerprint density at radius 2 is 1.60 bits per heavy atom. The van der Waals surface area contributed by atoms with E-state index in [0.29, 0.717) is 17.0 Å². The number of aromatic carboxylic acids is 1. The number of hydrogen-bond donors (Lipinski definition) is 2. The van der Waals surface area contributed by atoms with Crippen molar-refractivity contribution in [1.82, 2.24) is 5.32 Å². The number of rotatable bonds is 7. The minimum Gasteiger partial charge on any atom is -0.488 e. The molecule has 35 heavy (non-hydrogen) atoms. The highest BCUT2D eigenvalue weighted by Gasteiger charge is 2.36. The van der Waals surface area contributed by atoms with E-state index in [1.54, 1.807) is 48.5 Å². The molecule has 0 radical (unpaired) electrons. The highest BCUT2D eigenvalue weighted by Crippen LogP contribution is 2.26. The fraction of sp³-hybridized carbons (Fsp3) is 0.111. The number of anilines is 1. The molecule has 0 unspecified atom stereocenters. The molecule has 1 aliphatic rings. The first-order chi connectivity index (χ1) is 16.9. The van der Waals surface area contributed by atoms with Gasteiger partial charge >= 0.3 is 12.0 Å². The van der Waals surface area contributed by atoms with Crippen LogP contribution < -0.4 is 15.0 Å². The summed E-state index contributed by atoms with van der Waals surface area (Å²) in [7, 11) is 0. The number of imide groups is 2.